The molecule has 1 nitrogen and oxygen atoms in total. The number of aliphatic hydroxyl groups is 1. The van der Waals surface area contributed by atoms with Crippen LogP contribution in [0.2, 0.25) is 0 Å². The predicted molar refractivity (Wildman–Crippen MR) is 53.4 cm³/mol. The lowest BCUT2D eigenvalue weighted by Gasteiger charge is -2.01. The molecule has 0 aliphatic rings. The topological polar surface area (TPSA) is 20.2 Å². The molecule has 1 aromatic heterocycles. The molecule has 0 bridgehead atoms. The fourth-order valence-corrected chi connectivity index (χ4v) is 1.84. The summed E-state index contributed by atoms with van der Waals surface area (Å²) in [6.07, 6.45) is 1.44. The first kappa shape index (κ1) is 9.49. The van der Waals surface area contributed by atoms with Gasteiger partial charge in [0, 0.05) is 9.75 Å². The molecule has 0 spiro atoms. The van der Waals surface area contributed by atoms with Gasteiger partial charge in [0.15, 0.2) is 0 Å². The standard InChI is InChI=1S/C10H14OS/c1-7(2)6-9(11)10-5-4-8(3)12-10/h4-6,9,11H,1-3H3. The van der Waals surface area contributed by atoms with Crippen LogP contribution in [0.5, 0.6) is 0 Å². The Morgan fingerprint density at radius 3 is 2.58 bits per heavy atom. The van der Waals surface area contributed by atoms with Crippen LogP contribution in [0.25, 0.3) is 0 Å². The molecule has 2 heteroatoms. The van der Waals surface area contributed by atoms with Crippen molar-refractivity contribution in [2.24, 2.45) is 0 Å². The van der Waals surface area contributed by atoms with Crippen molar-refractivity contribution < 1.29 is 5.11 Å². The van der Waals surface area contributed by atoms with Crippen molar-refractivity contribution in [1.82, 2.24) is 0 Å². The average Bonchev–Trinajstić information content (AvgIpc) is 2.34. The molecule has 1 N–H and O–H groups in total. The Bertz CT molecular complexity index is 282. The van der Waals surface area contributed by atoms with Crippen LogP contribution in [0.1, 0.15) is 29.7 Å². The van der Waals surface area contributed by atoms with Gasteiger partial charge in [0.25, 0.3) is 0 Å². The summed E-state index contributed by atoms with van der Waals surface area (Å²) in [4.78, 5) is 2.26. The van der Waals surface area contributed by atoms with Crippen molar-refractivity contribution in [3.63, 3.8) is 0 Å². The zero-order valence-corrected chi connectivity index (χ0v) is 8.48. The fourth-order valence-electron chi connectivity index (χ4n) is 1.01. The molecule has 0 amide bonds. The molecule has 0 saturated carbocycles. The molecular weight excluding hydrogens is 168 g/mol. The van der Waals surface area contributed by atoms with Gasteiger partial charge >= 0.3 is 0 Å². The smallest absolute Gasteiger partial charge is 0.107 e. The van der Waals surface area contributed by atoms with Crippen LogP contribution in [0, 0.1) is 6.92 Å². The molecule has 12 heavy (non-hydrogen) atoms. The van der Waals surface area contributed by atoms with Crippen LogP contribution in [-0.4, -0.2) is 5.11 Å². The summed E-state index contributed by atoms with van der Waals surface area (Å²) < 4.78 is 0. The normalized spacial score (nSPS) is 12.7. The first-order valence-electron chi connectivity index (χ1n) is 3.99. The van der Waals surface area contributed by atoms with E-state index in [1.807, 2.05) is 39.0 Å². The minimum Gasteiger partial charge on any atom is -0.383 e. The Hall–Kier alpha value is -0.600. The minimum absolute atomic E-state index is 0.423. The van der Waals surface area contributed by atoms with Gasteiger partial charge in [-0.25, -0.2) is 0 Å². The lowest BCUT2D eigenvalue weighted by Crippen LogP contribution is -1.88. The highest BCUT2D eigenvalue weighted by Gasteiger charge is 2.05. The molecule has 1 unspecified atom stereocenters. The lowest BCUT2D eigenvalue weighted by atomic mass is 10.2. The maximum atomic E-state index is 9.64. The number of hydrogen-bond acceptors (Lipinski definition) is 2. The second kappa shape index (κ2) is 3.87. The molecule has 0 fully saturated rings. The van der Waals surface area contributed by atoms with E-state index in [2.05, 4.69) is 0 Å². The van der Waals surface area contributed by atoms with Crippen LogP contribution >= 0.6 is 11.3 Å². The third kappa shape index (κ3) is 2.47. The van der Waals surface area contributed by atoms with E-state index in [-0.39, 0.29) is 0 Å². The maximum absolute atomic E-state index is 9.64. The third-order valence-corrected chi connectivity index (χ3v) is 2.62. The van der Waals surface area contributed by atoms with E-state index in [9.17, 15) is 5.11 Å². The van der Waals surface area contributed by atoms with Gasteiger partial charge < -0.3 is 5.11 Å². The monoisotopic (exact) mass is 182 g/mol. The summed E-state index contributed by atoms with van der Waals surface area (Å²) in [5.74, 6) is 0. The second-order valence-electron chi connectivity index (χ2n) is 3.14. The van der Waals surface area contributed by atoms with Crippen LogP contribution in [0.4, 0.5) is 0 Å². The van der Waals surface area contributed by atoms with Gasteiger partial charge in [-0.1, -0.05) is 11.6 Å². The predicted octanol–water partition coefficient (Wildman–Crippen LogP) is 3.06. The van der Waals surface area contributed by atoms with E-state index in [1.54, 1.807) is 11.3 Å². The zero-order valence-electron chi connectivity index (χ0n) is 7.66. The number of thiophene rings is 1. The van der Waals surface area contributed by atoms with E-state index in [1.165, 1.54) is 4.88 Å². The number of rotatable bonds is 2. The SMILES string of the molecule is CC(C)=CC(O)c1ccc(C)s1. The molecule has 1 atom stereocenters. The fraction of sp³-hybridized carbons (Fsp3) is 0.400. The molecule has 0 saturated heterocycles. The Labute approximate surface area is 77.4 Å². The summed E-state index contributed by atoms with van der Waals surface area (Å²) >= 11 is 1.64. The van der Waals surface area contributed by atoms with Gasteiger partial charge in [0.05, 0.1) is 0 Å². The Kier molecular flexibility index (Phi) is 3.06. The van der Waals surface area contributed by atoms with Crippen molar-refractivity contribution >= 4 is 11.3 Å². The highest BCUT2D eigenvalue weighted by molar-refractivity contribution is 7.12. The largest absolute Gasteiger partial charge is 0.383 e. The summed E-state index contributed by atoms with van der Waals surface area (Å²) in [5, 5.41) is 9.64. The van der Waals surface area contributed by atoms with E-state index >= 15 is 0 Å². The summed E-state index contributed by atoms with van der Waals surface area (Å²) in [6, 6.07) is 4.01. The Balaban J connectivity index is 2.78. The molecule has 0 aliphatic carbocycles. The molecule has 1 rings (SSSR count). The van der Waals surface area contributed by atoms with E-state index in [0.717, 1.165) is 10.5 Å². The van der Waals surface area contributed by atoms with Crippen LogP contribution in [0.3, 0.4) is 0 Å². The first-order chi connectivity index (χ1) is 5.59. The van der Waals surface area contributed by atoms with Crippen LogP contribution < -0.4 is 0 Å². The Morgan fingerprint density at radius 1 is 1.50 bits per heavy atom. The summed E-state index contributed by atoms with van der Waals surface area (Å²) in [7, 11) is 0. The van der Waals surface area contributed by atoms with E-state index < -0.39 is 6.10 Å². The highest BCUT2D eigenvalue weighted by atomic mass is 32.1. The van der Waals surface area contributed by atoms with Gasteiger partial charge in [0.2, 0.25) is 0 Å². The molecule has 0 aliphatic heterocycles. The number of allylic oxidation sites excluding steroid dienone is 1. The summed E-state index contributed by atoms with van der Waals surface area (Å²) in [6.45, 7) is 6.02. The number of hydrogen-bond donors (Lipinski definition) is 1. The molecule has 0 radical (unpaired) electrons. The lowest BCUT2D eigenvalue weighted by molar-refractivity contribution is 0.231. The van der Waals surface area contributed by atoms with Crippen molar-refractivity contribution in [2.75, 3.05) is 0 Å². The van der Waals surface area contributed by atoms with Gasteiger partial charge in [-0.05, 0) is 32.9 Å². The van der Waals surface area contributed by atoms with Gasteiger partial charge in [-0.3, -0.25) is 0 Å². The van der Waals surface area contributed by atoms with Crippen LogP contribution in [-0.2, 0) is 0 Å². The average molecular weight is 182 g/mol. The first-order valence-corrected chi connectivity index (χ1v) is 4.80. The third-order valence-electron chi connectivity index (χ3n) is 1.54. The van der Waals surface area contributed by atoms with Crippen LogP contribution in [0.15, 0.2) is 23.8 Å². The quantitative estimate of drug-likeness (QED) is 0.697. The van der Waals surface area contributed by atoms with Gasteiger partial charge in [-0.2, -0.15) is 0 Å². The minimum atomic E-state index is -0.423. The highest BCUT2D eigenvalue weighted by Crippen LogP contribution is 2.24. The van der Waals surface area contributed by atoms with Gasteiger partial charge in [-0.15, -0.1) is 11.3 Å². The Morgan fingerprint density at radius 2 is 2.17 bits per heavy atom. The van der Waals surface area contributed by atoms with Crippen molar-refractivity contribution in [1.29, 1.82) is 0 Å². The summed E-state index contributed by atoms with van der Waals surface area (Å²) in [5.41, 5.74) is 1.15. The second-order valence-corrected chi connectivity index (χ2v) is 4.46. The molecule has 1 heterocycles. The van der Waals surface area contributed by atoms with E-state index in [0.29, 0.717) is 0 Å². The van der Waals surface area contributed by atoms with Crippen molar-refractivity contribution in [3.05, 3.63) is 33.5 Å². The maximum Gasteiger partial charge on any atom is 0.107 e. The number of aryl methyl sites for hydroxylation is 1. The molecule has 66 valence electrons. The molecule has 1 aromatic rings. The molecular formula is C10H14OS. The molecule has 0 aromatic carbocycles. The zero-order chi connectivity index (χ0) is 9.14. The van der Waals surface area contributed by atoms with Crippen molar-refractivity contribution in [2.45, 2.75) is 26.9 Å². The van der Waals surface area contributed by atoms with E-state index in [4.69, 9.17) is 0 Å². The number of aliphatic hydroxyl groups excluding tert-OH is 1. The van der Waals surface area contributed by atoms with Crippen molar-refractivity contribution in [3.8, 4) is 0 Å². The van der Waals surface area contributed by atoms with Gasteiger partial charge in [0.1, 0.15) is 6.10 Å².